The fourth-order valence-corrected chi connectivity index (χ4v) is 7.10. The van der Waals surface area contributed by atoms with Crippen LogP contribution >= 0.6 is 11.3 Å². The first-order chi connectivity index (χ1) is 22.5. The van der Waals surface area contributed by atoms with Gasteiger partial charge in [-0.1, -0.05) is 114 Å². The van der Waals surface area contributed by atoms with E-state index in [0.29, 0.717) is 23.7 Å². The SMILES string of the molecule is Cc1ccnc2c1nc(COc1ccc(Cc3sc(=O)n(C(c4ccccc4)(c4ccccc4)c4ccccc4)c3O)cc1)n2C. The van der Waals surface area contributed by atoms with Gasteiger partial charge >= 0.3 is 4.87 Å². The van der Waals surface area contributed by atoms with E-state index in [2.05, 4.69) is 4.98 Å². The maximum Gasteiger partial charge on any atom is 0.311 e. The lowest BCUT2D eigenvalue weighted by Crippen LogP contribution is -2.42. The Balaban J connectivity index is 1.21. The second-order valence-electron chi connectivity index (χ2n) is 11.3. The van der Waals surface area contributed by atoms with E-state index in [-0.39, 0.29) is 10.8 Å². The van der Waals surface area contributed by atoms with Crippen LogP contribution in [0.5, 0.6) is 11.6 Å². The highest BCUT2D eigenvalue weighted by Gasteiger charge is 2.42. The molecule has 3 heterocycles. The molecule has 0 bridgehead atoms. The van der Waals surface area contributed by atoms with Crippen LogP contribution in [-0.2, 0) is 25.6 Å². The van der Waals surface area contributed by atoms with Crippen LogP contribution in [0, 0.1) is 6.92 Å². The van der Waals surface area contributed by atoms with Gasteiger partial charge in [-0.05, 0) is 52.9 Å². The lowest BCUT2D eigenvalue weighted by atomic mass is 9.76. The Morgan fingerprint density at radius 1 is 0.804 bits per heavy atom. The summed E-state index contributed by atoms with van der Waals surface area (Å²) in [5.41, 5.74) is 5.27. The minimum Gasteiger partial charge on any atom is -0.494 e. The van der Waals surface area contributed by atoms with Crippen LogP contribution in [0.4, 0.5) is 0 Å². The molecular formula is C38H32N4O3S. The van der Waals surface area contributed by atoms with E-state index in [9.17, 15) is 9.90 Å². The van der Waals surface area contributed by atoms with Crippen LogP contribution in [0.1, 0.15) is 38.5 Å². The molecule has 46 heavy (non-hydrogen) atoms. The summed E-state index contributed by atoms with van der Waals surface area (Å²) in [4.78, 5) is 23.5. The fourth-order valence-electron chi connectivity index (χ4n) is 6.16. The smallest absolute Gasteiger partial charge is 0.311 e. The Morgan fingerprint density at radius 2 is 1.37 bits per heavy atom. The average molecular weight is 625 g/mol. The number of pyridine rings is 1. The molecule has 0 unspecified atom stereocenters. The predicted molar refractivity (Wildman–Crippen MR) is 182 cm³/mol. The first-order valence-corrected chi connectivity index (χ1v) is 15.9. The largest absolute Gasteiger partial charge is 0.494 e. The van der Waals surface area contributed by atoms with Crippen LogP contribution in [0.2, 0.25) is 0 Å². The highest BCUT2D eigenvalue weighted by atomic mass is 32.1. The van der Waals surface area contributed by atoms with Crippen molar-refractivity contribution in [3.63, 3.8) is 0 Å². The summed E-state index contributed by atoms with van der Waals surface area (Å²) < 4.78 is 9.58. The Bertz CT molecular complexity index is 2070. The zero-order chi connectivity index (χ0) is 31.7. The Morgan fingerprint density at radius 3 is 1.91 bits per heavy atom. The number of aryl methyl sites for hydroxylation is 2. The van der Waals surface area contributed by atoms with Crippen molar-refractivity contribution in [2.24, 2.45) is 7.05 Å². The number of imidazole rings is 1. The second kappa shape index (κ2) is 12.1. The standard InChI is InChI=1S/C38H32N4O3S/c1-26-22-23-39-35-34(26)40-33(41(35)2)25-45-31-20-18-27(19-21-31)24-32-36(43)42(37(44)46-32)38(28-12-6-3-7-13-28,29-14-8-4-9-15-29)30-16-10-5-11-17-30/h3-23,43H,24-25H2,1-2H3. The van der Waals surface area contributed by atoms with Crippen molar-refractivity contribution in [3.05, 3.63) is 176 Å². The van der Waals surface area contributed by atoms with E-state index in [4.69, 9.17) is 9.72 Å². The molecule has 0 aliphatic rings. The van der Waals surface area contributed by atoms with Crippen molar-refractivity contribution in [2.45, 2.75) is 25.5 Å². The quantitative estimate of drug-likeness (QED) is 0.172. The third-order valence-electron chi connectivity index (χ3n) is 8.47. The van der Waals surface area contributed by atoms with Gasteiger partial charge in [0.2, 0.25) is 5.88 Å². The molecule has 7 aromatic rings. The number of benzene rings is 4. The molecular weight excluding hydrogens is 593 g/mol. The van der Waals surface area contributed by atoms with Crippen LogP contribution in [0.15, 0.2) is 132 Å². The van der Waals surface area contributed by atoms with Gasteiger partial charge in [0.05, 0.1) is 4.88 Å². The van der Waals surface area contributed by atoms with Gasteiger partial charge < -0.3 is 14.4 Å². The zero-order valence-corrected chi connectivity index (χ0v) is 26.3. The lowest BCUT2D eigenvalue weighted by Gasteiger charge is -2.37. The summed E-state index contributed by atoms with van der Waals surface area (Å²) in [6, 6.07) is 39.4. The number of hydrogen-bond donors (Lipinski definition) is 1. The number of aromatic hydroxyl groups is 1. The molecule has 7 rings (SSSR count). The number of nitrogens with zero attached hydrogens (tertiary/aromatic N) is 4. The van der Waals surface area contributed by atoms with Crippen molar-refractivity contribution in [2.75, 3.05) is 0 Å². The van der Waals surface area contributed by atoms with Crippen molar-refractivity contribution < 1.29 is 9.84 Å². The molecule has 0 radical (unpaired) electrons. The molecule has 0 saturated heterocycles. The normalized spacial score (nSPS) is 11.6. The van der Waals surface area contributed by atoms with Crippen LogP contribution in [-0.4, -0.2) is 24.2 Å². The number of rotatable bonds is 9. The van der Waals surface area contributed by atoms with Gasteiger partial charge in [0.15, 0.2) is 5.65 Å². The van der Waals surface area contributed by atoms with Gasteiger partial charge in [-0.15, -0.1) is 0 Å². The molecule has 0 aliphatic heterocycles. The summed E-state index contributed by atoms with van der Waals surface area (Å²) in [7, 11) is 1.94. The molecule has 0 atom stereocenters. The number of aromatic nitrogens is 4. The van der Waals surface area contributed by atoms with Gasteiger partial charge in [0.25, 0.3) is 0 Å². The molecule has 0 aliphatic carbocycles. The van der Waals surface area contributed by atoms with Gasteiger partial charge in [0.1, 0.15) is 29.2 Å². The predicted octanol–water partition coefficient (Wildman–Crippen LogP) is 7.22. The molecule has 0 amide bonds. The molecule has 8 heteroatoms. The summed E-state index contributed by atoms with van der Waals surface area (Å²) in [5.74, 6) is 1.44. The maximum atomic E-state index is 14.0. The summed E-state index contributed by atoms with van der Waals surface area (Å²) in [6.45, 7) is 2.32. The van der Waals surface area contributed by atoms with E-state index in [1.807, 2.05) is 140 Å². The topological polar surface area (TPSA) is 82.2 Å². The highest BCUT2D eigenvalue weighted by Crippen LogP contribution is 2.43. The Kier molecular flexibility index (Phi) is 7.72. The number of ether oxygens (including phenoxy) is 1. The lowest BCUT2D eigenvalue weighted by molar-refractivity contribution is 0.292. The number of hydrogen-bond acceptors (Lipinski definition) is 6. The van der Waals surface area contributed by atoms with Crippen LogP contribution in [0.3, 0.4) is 0 Å². The van der Waals surface area contributed by atoms with E-state index in [0.717, 1.165) is 56.1 Å². The van der Waals surface area contributed by atoms with Crippen molar-refractivity contribution in [1.82, 2.24) is 19.1 Å². The van der Waals surface area contributed by atoms with Crippen LogP contribution < -0.4 is 9.61 Å². The van der Waals surface area contributed by atoms with Crippen molar-refractivity contribution in [1.29, 1.82) is 0 Å². The Labute approximate surface area is 270 Å². The van der Waals surface area contributed by atoms with Gasteiger partial charge in [-0.3, -0.25) is 9.36 Å². The van der Waals surface area contributed by atoms with E-state index in [1.165, 1.54) is 0 Å². The van der Waals surface area contributed by atoms with E-state index < -0.39 is 5.54 Å². The monoisotopic (exact) mass is 624 g/mol. The minimum absolute atomic E-state index is 0.0439. The van der Waals surface area contributed by atoms with Gasteiger partial charge in [0, 0.05) is 19.7 Å². The first-order valence-electron chi connectivity index (χ1n) is 15.1. The molecule has 1 N–H and O–H groups in total. The average Bonchev–Trinajstić information content (AvgIpc) is 3.57. The van der Waals surface area contributed by atoms with E-state index >= 15 is 0 Å². The Hall–Kier alpha value is -5.47. The van der Waals surface area contributed by atoms with Gasteiger partial charge in [-0.25, -0.2) is 9.97 Å². The molecule has 7 nitrogen and oxygen atoms in total. The highest BCUT2D eigenvalue weighted by molar-refractivity contribution is 7.09. The fraction of sp³-hybridized carbons (Fsp3) is 0.132. The van der Waals surface area contributed by atoms with Gasteiger partial charge in [-0.2, -0.15) is 0 Å². The molecule has 0 spiro atoms. The summed E-state index contributed by atoms with van der Waals surface area (Å²) in [5, 5.41) is 11.9. The van der Waals surface area contributed by atoms with Crippen molar-refractivity contribution in [3.8, 4) is 11.6 Å². The third-order valence-corrected chi connectivity index (χ3v) is 9.40. The molecule has 0 saturated carbocycles. The summed E-state index contributed by atoms with van der Waals surface area (Å²) in [6.07, 6.45) is 2.18. The second-order valence-corrected chi connectivity index (χ2v) is 12.3. The third kappa shape index (κ3) is 5.06. The van der Waals surface area contributed by atoms with E-state index in [1.54, 1.807) is 10.8 Å². The van der Waals surface area contributed by atoms with Crippen molar-refractivity contribution >= 4 is 22.5 Å². The summed E-state index contributed by atoms with van der Waals surface area (Å²) >= 11 is 1.07. The number of fused-ring (bicyclic) bond motifs is 1. The first kappa shape index (κ1) is 29.3. The molecule has 4 aromatic carbocycles. The van der Waals surface area contributed by atoms with Crippen LogP contribution in [0.25, 0.3) is 11.2 Å². The maximum absolute atomic E-state index is 14.0. The molecule has 0 fully saturated rings. The minimum atomic E-state index is -1.08. The molecule has 3 aromatic heterocycles. The zero-order valence-electron chi connectivity index (χ0n) is 25.5. The number of thiazole rings is 1. The molecule has 228 valence electrons.